The molecule has 0 aromatic rings. The third-order valence-corrected chi connectivity index (χ3v) is 6.06. The van der Waals surface area contributed by atoms with Gasteiger partial charge >= 0.3 is 0 Å². The molecular formula is C13H23NO2S. The van der Waals surface area contributed by atoms with E-state index in [-0.39, 0.29) is 10.9 Å². The summed E-state index contributed by atoms with van der Waals surface area (Å²) in [7, 11) is 0. The monoisotopic (exact) mass is 257 g/mol. The van der Waals surface area contributed by atoms with Crippen molar-refractivity contribution in [3.05, 3.63) is 0 Å². The summed E-state index contributed by atoms with van der Waals surface area (Å²) in [5.74, 6) is 0.596. The number of nitrogens with two attached hydrogens (primary N) is 1. The Kier molecular flexibility index (Phi) is 3.47. The molecule has 2 fully saturated rings. The second-order valence-corrected chi connectivity index (χ2v) is 8.04. The van der Waals surface area contributed by atoms with Crippen molar-refractivity contribution in [2.75, 3.05) is 5.75 Å². The van der Waals surface area contributed by atoms with Crippen LogP contribution in [0.5, 0.6) is 0 Å². The largest absolute Gasteiger partial charge is 0.544 e. The minimum absolute atomic E-state index is 0.145. The number of carboxylic acid groups (broad SMARTS) is 1. The molecule has 2 aliphatic rings. The van der Waals surface area contributed by atoms with Crippen molar-refractivity contribution >= 4 is 17.7 Å². The van der Waals surface area contributed by atoms with Gasteiger partial charge in [0.2, 0.25) is 0 Å². The standard InChI is InChI=1S/C13H23NO2S/c1-12(2,3)9-4-6-13(7-5-9)14-10(8-17-13)11(15)16/h9-10,14H,4-8H2,1-3H3,(H,15,16)/t9?,10-,13?/m0/s1. The molecule has 1 saturated carbocycles. The molecule has 1 spiro atoms. The average Bonchev–Trinajstić information content (AvgIpc) is 2.62. The number of rotatable bonds is 1. The van der Waals surface area contributed by atoms with Crippen LogP contribution in [-0.2, 0) is 4.79 Å². The summed E-state index contributed by atoms with van der Waals surface area (Å²) in [6, 6.07) is -0.328. The molecule has 3 nitrogen and oxygen atoms in total. The zero-order chi connectivity index (χ0) is 12.7. The van der Waals surface area contributed by atoms with Gasteiger partial charge in [0.1, 0.15) is 16.9 Å². The lowest BCUT2D eigenvalue weighted by Crippen LogP contribution is -2.99. The van der Waals surface area contributed by atoms with E-state index in [1.54, 1.807) is 0 Å². The third kappa shape index (κ3) is 2.79. The van der Waals surface area contributed by atoms with Crippen LogP contribution in [0.2, 0.25) is 0 Å². The van der Waals surface area contributed by atoms with E-state index in [0.717, 1.165) is 18.8 Å². The van der Waals surface area contributed by atoms with Gasteiger partial charge in [-0.25, -0.2) is 0 Å². The SMILES string of the molecule is CC(C)(C)C1CCC2(CC1)[NH2+][C@H](C(=O)[O-])CS2. The first-order valence-corrected chi connectivity index (χ1v) is 7.52. The highest BCUT2D eigenvalue weighted by Gasteiger charge is 2.47. The van der Waals surface area contributed by atoms with Crippen molar-refractivity contribution in [1.29, 1.82) is 0 Å². The van der Waals surface area contributed by atoms with E-state index in [2.05, 4.69) is 26.1 Å². The quantitative estimate of drug-likeness (QED) is 0.737. The Bertz CT molecular complexity index is 303. The highest BCUT2D eigenvalue weighted by molar-refractivity contribution is 8.00. The van der Waals surface area contributed by atoms with Gasteiger partial charge in [-0.15, -0.1) is 0 Å². The summed E-state index contributed by atoms with van der Waals surface area (Å²) in [6.45, 7) is 6.93. The number of quaternary nitrogens is 1. The van der Waals surface area contributed by atoms with Crippen LogP contribution in [0.15, 0.2) is 0 Å². The van der Waals surface area contributed by atoms with Crippen LogP contribution in [0.25, 0.3) is 0 Å². The van der Waals surface area contributed by atoms with Gasteiger partial charge in [0.25, 0.3) is 0 Å². The summed E-state index contributed by atoms with van der Waals surface area (Å²) in [5.41, 5.74) is 0.388. The van der Waals surface area contributed by atoms with Crippen molar-refractivity contribution in [3.8, 4) is 0 Å². The molecule has 1 heterocycles. The summed E-state index contributed by atoms with van der Waals surface area (Å²) in [4.78, 5) is 11.0. The zero-order valence-corrected chi connectivity index (χ0v) is 11.8. The number of hydrogen-bond donors (Lipinski definition) is 1. The molecule has 1 saturated heterocycles. The lowest BCUT2D eigenvalue weighted by molar-refractivity contribution is -0.720. The van der Waals surface area contributed by atoms with Crippen molar-refractivity contribution in [3.63, 3.8) is 0 Å². The lowest BCUT2D eigenvalue weighted by Gasteiger charge is -2.40. The van der Waals surface area contributed by atoms with Gasteiger partial charge in [-0.2, -0.15) is 0 Å². The van der Waals surface area contributed by atoms with E-state index in [4.69, 9.17) is 0 Å². The Balaban J connectivity index is 1.93. The zero-order valence-electron chi connectivity index (χ0n) is 11.0. The Morgan fingerprint density at radius 3 is 2.35 bits per heavy atom. The first-order chi connectivity index (χ1) is 7.82. The molecule has 17 heavy (non-hydrogen) atoms. The van der Waals surface area contributed by atoms with Gasteiger partial charge in [0.15, 0.2) is 0 Å². The van der Waals surface area contributed by atoms with Gasteiger partial charge in [0, 0.05) is 12.8 Å². The predicted octanol–water partition coefficient (Wildman–Crippen LogP) is 0.348. The highest BCUT2D eigenvalue weighted by Crippen LogP contribution is 2.45. The fourth-order valence-corrected chi connectivity index (χ4v) is 4.67. The van der Waals surface area contributed by atoms with Crippen LogP contribution in [0.1, 0.15) is 46.5 Å². The summed E-state index contributed by atoms with van der Waals surface area (Å²) >= 11 is 1.84. The van der Waals surface area contributed by atoms with Crippen molar-refractivity contribution in [1.82, 2.24) is 0 Å². The number of thioether (sulfide) groups is 1. The molecule has 0 amide bonds. The maximum atomic E-state index is 10.9. The van der Waals surface area contributed by atoms with E-state index in [1.807, 2.05) is 11.8 Å². The van der Waals surface area contributed by atoms with E-state index in [9.17, 15) is 9.90 Å². The number of carbonyl (C=O) groups excluding carboxylic acids is 1. The maximum absolute atomic E-state index is 10.9. The Morgan fingerprint density at radius 1 is 1.35 bits per heavy atom. The Labute approximate surface area is 108 Å². The summed E-state index contributed by atoms with van der Waals surface area (Å²) in [5, 5.41) is 13.0. The smallest absolute Gasteiger partial charge is 0.143 e. The first-order valence-electron chi connectivity index (χ1n) is 6.53. The van der Waals surface area contributed by atoms with Crippen LogP contribution in [0, 0.1) is 11.3 Å². The van der Waals surface area contributed by atoms with E-state index in [1.165, 1.54) is 12.8 Å². The molecule has 1 atom stereocenters. The van der Waals surface area contributed by atoms with E-state index < -0.39 is 5.97 Å². The van der Waals surface area contributed by atoms with Gasteiger partial charge < -0.3 is 15.2 Å². The van der Waals surface area contributed by atoms with Gasteiger partial charge in [0.05, 0.1) is 5.75 Å². The molecule has 0 bridgehead atoms. The van der Waals surface area contributed by atoms with Crippen LogP contribution >= 0.6 is 11.8 Å². The van der Waals surface area contributed by atoms with Crippen LogP contribution < -0.4 is 10.4 Å². The molecule has 0 unspecified atom stereocenters. The van der Waals surface area contributed by atoms with Crippen LogP contribution in [0.4, 0.5) is 0 Å². The number of hydrogen-bond acceptors (Lipinski definition) is 3. The topological polar surface area (TPSA) is 56.7 Å². The molecule has 0 radical (unpaired) electrons. The van der Waals surface area contributed by atoms with Gasteiger partial charge in [-0.3, -0.25) is 0 Å². The summed E-state index contributed by atoms with van der Waals surface area (Å²) < 4.78 is 0. The molecule has 1 aliphatic carbocycles. The van der Waals surface area contributed by atoms with Crippen LogP contribution in [0.3, 0.4) is 0 Å². The predicted molar refractivity (Wildman–Crippen MR) is 67.3 cm³/mol. The average molecular weight is 257 g/mol. The molecule has 2 N–H and O–H groups in total. The van der Waals surface area contributed by atoms with Gasteiger partial charge in [-0.05, 0) is 24.2 Å². The maximum Gasteiger partial charge on any atom is 0.143 e. The second-order valence-electron chi connectivity index (χ2n) is 6.61. The number of carbonyl (C=O) groups is 1. The van der Waals surface area contributed by atoms with Crippen molar-refractivity contribution in [2.45, 2.75) is 57.4 Å². The minimum Gasteiger partial charge on any atom is -0.544 e. The normalized spacial score (nSPS) is 38.5. The molecule has 0 aromatic carbocycles. The lowest BCUT2D eigenvalue weighted by atomic mass is 9.71. The fourth-order valence-electron chi connectivity index (χ4n) is 3.14. The highest BCUT2D eigenvalue weighted by atomic mass is 32.2. The second kappa shape index (κ2) is 4.47. The van der Waals surface area contributed by atoms with E-state index in [0.29, 0.717) is 11.2 Å². The fraction of sp³-hybridized carbons (Fsp3) is 0.923. The number of aliphatic carboxylic acids is 1. The van der Waals surface area contributed by atoms with E-state index >= 15 is 0 Å². The molecule has 0 aromatic heterocycles. The molecule has 4 heteroatoms. The molecule has 2 rings (SSSR count). The van der Waals surface area contributed by atoms with Gasteiger partial charge in [-0.1, -0.05) is 32.5 Å². The molecule has 98 valence electrons. The first kappa shape index (κ1) is 13.2. The Hall–Kier alpha value is -0.220. The molecule has 1 aliphatic heterocycles. The van der Waals surface area contributed by atoms with Crippen molar-refractivity contribution < 1.29 is 15.2 Å². The number of carboxylic acids is 1. The molecular weight excluding hydrogens is 234 g/mol. The summed E-state index contributed by atoms with van der Waals surface area (Å²) in [6.07, 6.45) is 4.74. The van der Waals surface area contributed by atoms with Crippen molar-refractivity contribution in [2.24, 2.45) is 11.3 Å². The third-order valence-electron chi connectivity index (χ3n) is 4.41. The minimum atomic E-state index is -0.896. The Morgan fingerprint density at radius 2 is 1.94 bits per heavy atom. The van der Waals surface area contributed by atoms with Crippen LogP contribution in [-0.4, -0.2) is 22.6 Å².